The van der Waals surface area contributed by atoms with Gasteiger partial charge in [0, 0.05) is 17.7 Å². The van der Waals surface area contributed by atoms with Crippen LogP contribution in [0.3, 0.4) is 0 Å². The van der Waals surface area contributed by atoms with Crippen LogP contribution in [0.2, 0.25) is 5.02 Å². The van der Waals surface area contributed by atoms with Crippen LogP contribution in [0.15, 0.2) is 18.2 Å². The summed E-state index contributed by atoms with van der Waals surface area (Å²) in [4.78, 5) is 0. The second-order valence-corrected chi connectivity index (χ2v) is 6.28. The molecule has 108 valence electrons. The van der Waals surface area contributed by atoms with Crippen molar-refractivity contribution in [1.82, 2.24) is 0 Å². The lowest BCUT2D eigenvalue weighted by Crippen LogP contribution is -2.46. The van der Waals surface area contributed by atoms with Crippen molar-refractivity contribution in [2.24, 2.45) is 11.1 Å². The molecule has 0 radical (unpaired) electrons. The summed E-state index contributed by atoms with van der Waals surface area (Å²) in [5.41, 5.74) is 6.69. The average molecular weight is 288 g/mol. The zero-order valence-corrected chi connectivity index (χ0v) is 12.8. The molecule has 2 atom stereocenters. The van der Waals surface area contributed by atoms with Gasteiger partial charge in [-0.1, -0.05) is 38.4 Å². The summed E-state index contributed by atoms with van der Waals surface area (Å²) in [6, 6.07) is 4.43. The van der Waals surface area contributed by atoms with Crippen molar-refractivity contribution in [1.29, 1.82) is 0 Å². The highest BCUT2D eigenvalue weighted by atomic mass is 35.5. The van der Waals surface area contributed by atoms with Crippen LogP contribution in [0, 0.1) is 11.2 Å². The summed E-state index contributed by atoms with van der Waals surface area (Å²) < 4.78 is 19.5. The first-order chi connectivity index (χ1) is 8.75. The first kappa shape index (κ1) is 16.4. The normalized spacial score (nSPS) is 15.3. The lowest BCUT2D eigenvalue weighted by atomic mass is 9.82. The Hall–Kier alpha value is -0.640. The van der Waals surface area contributed by atoms with Crippen molar-refractivity contribution in [3.63, 3.8) is 0 Å². The van der Waals surface area contributed by atoms with E-state index in [2.05, 4.69) is 20.8 Å². The molecule has 1 rings (SSSR count). The Balaban J connectivity index is 2.84. The smallest absolute Gasteiger partial charge is 0.127 e. The maximum absolute atomic E-state index is 13.8. The van der Waals surface area contributed by atoms with Crippen LogP contribution in [0.1, 0.15) is 33.3 Å². The molecule has 2 nitrogen and oxygen atoms in total. The van der Waals surface area contributed by atoms with E-state index < -0.39 is 0 Å². The van der Waals surface area contributed by atoms with E-state index in [1.807, 2.05) is 6.92 Å². The fourth-order valence-electron chi connectivity index (χ4n) is 2.24. The van der Waals surface area contributed by atoms with Gasteiger partial charge >= 0.3 is 0 Å². The van der Waals surface area contributed by atoms with E-state index in [4.69, 9.17) is 22.1 Å². The number of hydrogen-bond acceptors (Lipinski definition) is 2. The van der Waals surface area contributed by atoms with Gasteiger partial charge in [0.15, 0.2) is 0 Å². The molecule has 0 saturated heterocycles. The van der Waals surface area contributed by atoms with E-state index in [0.29, 0.717) is 23.6 Å². The summed E-state index contributed by atoms with van der Waals surface area (Å²) in [6.07, 6.45) is 0.317. The van der Waals surface area contributed by atoms with Crippen molar-refractivity contribution in [3.8, 4) is 0 Å². The van der Waals surface area contributed by atoms with E-state index >= 15 is 0 Å². The molecule has 0 spiro atoms. The Morgan fingerprint density at radius 3 is 2.47 bits per heavy atom. The van der Waals surface area contributed by atoms with Gasteiger partial charge in [0.05, 0.1) is 6.10 Å². The molecule has 2 unspecified atom stereocenters. The SMILES string of the molecule is CCOC(C(N)Cc1ccc(Cl)cc1F)C(C)(C)C. The van der Waals surface area contributed by atoms with Crippen molar-refractivity contribution in [2.75, 3.05) is 6.61 Å². The largest absolute Gasteiger partial charge is 0.376 e. The van der Waals surface area contributed by atoms with Crippen LogP contribution in [-0.2, 0) is 11.2 Å². The van der Waals surface area contributed by atoms with Gasteiger partial charge in [0.25, 0.3) is 0 Å². The first-order valence-electron chi connectivity index (χ1n) is 6.56. The van der Waals surface area contributed by atoms with Crippen molar-refractivity contribution in [3.05, 3.63) is 34.6 Å². The van der Waals surface area contributed by atoms with Crippen molar-refractivity contribution in [2.45, 2.75) is 46.3 Å². The third-order valence-corrected chi connectivity index (χ3v) is 3.29. The molecule has 0 fully saturated rings. The summed E-state index contributed by atoms with van der Waals surface area (Å²) in [6.45, 7) is 8.76. The first-order valence-corrected chi connectivity index (χ1v) is 6.94. The van der Waals surface area contributed by atoms with Gasteiger partial charge in [0.1, 0.15) is 5.82 Å². The van der Waals surface area contributed by atoms with Gasteiger partial charge in [-0.15, -0.1) is 0 Å². The number of benzene rings is 1. The summed E-state index contributed by atoms with van der Waals surface area (Å²) in [7, 11) is 0. The van der Waals surface area contributed by atoms with Gasteiger partial charge in [-0.3, -0.25) is 0 Å². The van der Waals surface area contributed by atoms with Crippen molar-refractivity contribution < 1.29 is 9.13 Å². The lowest BCUT2D eigenvalue weighted by molar-refractivity contribution is -0.0275. The predicted molar refractivity (Wildman–Crippen MR) is 78.0 cm³/mol. The Labute approximate surface area is 120 Å². The van der Waals surface area contributed by atoms with Gasteiger partial charge in [0.2, 0.25) is 0 Å². The zero-order valence-electron chi connectivity index (χ0n) is 12.0. The topological polar surface area (TPSA) is 35.2 Å². The number of halogens is 2. The highest BCUT2D eigenvalue weighted by Crippen LogP contribution is 2.26. The molecule has 0 aliphatic carbocycles. The molecule has 1 aromatic carbocycles. The van der Waals surface area contributed by atoms with Gasteiger partial charge in [-0.2, -0.15) is 0 Å². The highest BCUT2D eigenvalue weighted by molar-refractivity contribution is 6.30. The van der Waals surface area contributed by atoms with Crippen LogP contribution >= 0.6 is 11.6 Å². The van der Waals surface area contributed by atoms with E-state index in [1.165, 1.54) is 6.07 Å². The summed E-state index contributed by atoms with van der Waals surface area (Å²) >= 11 is 5.74. The van der Waals surface area contributed by atoms with Gasteiger partial charge in [-0.05, 0) is 36.5 Å². The van der Waals surface area contributed by atoms with E-state index in [0.717, 1.165) is 0 Å². The average Bonchev–Trinajstić information content (AvgIpc) is 2.28. The third kappa shape index (κ3) is 4.75. The number of hydrogen-bond donors (Lipinski definition) is 1. The Morgan fingerprint density at radius 1 is 1.37 bits per heavy atom. The minimum absolute atomic E-state index is 0.0850. The quantitative estimate of drug-likeness (QED) is 0.894. The third-order valence-electron chi connectivity index (χ3n) is 3.06. The Morgan fingerprint density at radius 2 is 2.00 bits per heavy atom. The molecule has 0 saturated carbocycles. The van der Waals surface area contributed by atoms with Crippen LogP contribution < -0.4 is 5.73 Å². The molecular weight excluding hydrogens is 265 g/mol. The van der Waals surface area contributed by atoms with Gasteiger partial charge < -0.3 is 10.5 Å². The predicted octanol–water partition coefficient (Wildman–Crippen LogP) is 3.80. The number of rotatable bonds is 5. The molecule has 1 aromatic rings. The van der Waals surface area contributed by atoms with E-state index in [-0.39, 0.29) is 23.4 Å². The molecule has 0 aliphatic heterocycles. The van der Waals surface area contributed by atoms with E-state index in [1.54, 1.807) is 12.1 Å². The van der Waals surface area contributed by atoms with Gasteiger partial charge in [-0.25, -0.2) is 4.39 Å². The second-order valence-electron chi connectivity index (χ2n) is 5.85. The Bertz CT molecular complexity index is 417. The van der Waals surface area contributed by atoms with Crippen LogP contribution in [-0.4, -0.2) is 18.8 Å². The molecule has 0 amide bonds. The summed E-state index contributed by atoms with van der Waals surface area (Å²) in [5, 5.41) is 0.395. The Kier molecular flexibility index (Phi) is 5.78. The second kappa shape index (κ2) is 6.69. The molecule has 0 aromatic heterocycles. The lowest BCUT2D eigenvalue weighted by Gasteiger charge is -2.35. The maximum Gasteiger partial charge on any atom is 0.127 e. The minimum atomic E-state index is -0.313. The zero-order chi connectivity index (χ0) is 14.6. The number of ether oxygens (including phenoxy) is 1. The maximum atomic E-state index is 13.8. The molecule has 19 heavy (non-hydrogen) atoms. The van der Waals surface area contributed by atoms with E-state index in [9.17, 15) is 4.39 Å². The monoisotopic (exact) mass is 287 g/mol. The van der Waals surface area contributed by atoms with Crippen LogP contribution in [0.25, 0.3) is 0 Å². The standard InChI is InChI=1S/C15H23ClFNO/c1-5-19-14(15(2,3)4)13(18)8-10-6-7-11(16)9-12(10)17/h6-7,9,13-14H,5,8,18H2,1-4H3. The number of nitrogens with two attached hydrogens (primary N) is 1. The molecular formula is C15H23ClFNO. The minimum Gasteiger partial charge on any atom is -0.376 e. The molecule has 0 aliphatic rings. The van der Waals surface area contributed by atoms with Crippen molar-refractivity contribution >= 4 is 11.6 Å². The van der Waals surface area contributed by atoms with Crippen LogP contribution in [0.4, 0.5) is 4.39 Å². The molecule has 0 heterocycles. The molecule has 2 N–H and O–H groups in total. The molecule has 0 bridgehead atoms. The highest BCUT2D eigenvalue weighted by Gasteiger charge is 2.31. The van der Waals surface area contributed by atoms with Crippen LogP contribution in [0.5, 0.6) is 0 Å². The molecule has 4 heteroatoms. The fraction of sp³-hybridized carbons (Fsp3) is 0.600. The summed E-state index contributed by atoms with van der Waals surface area (Å²) in [5.74, 6) is -0.313. The fourth-order valence-corrected chi connectivity index (χ4v) is 2.40.